The van der Waals surface area contributed by atoms with Gasteiger partial charge in [0.15, 0.2) is 0 Å². The Balaban J connectivity index is 1.54. The lowest BCUT2D eigenvalue weighted by molar-refractivity contribution is -0.120. The van der Waals surface area contributed by atoms with Crippen LogP contribution < -0.4 is 10.1 Å². The second-order valence-corrected chi connectivity index (χ2v) is 6.01. The van der Waals surface area contributed by atoms with Gasteiger partial charge >= 0.3 is 0 Å². The highest BCUT2D eigenvalue weighted by molar-refractivity contribution is 6.30. The van der Waals surface area contributed by atoms with E-state index in [1.165, 1.54) is 0 Å². The smallest absolute Gasteiger partial charge is 0.224 e. The molecule has 0 saturated heterocycles. The Labute approximate surface area is 151 Å². The largest absolute Gasteiger partial charge is 0.497 e. The monoisotopic (exact) mass is 355 g/mol. The standard InChI is InChI=1S/C20H18ClNO3/c1-24-17-8-2-14(3-9-17)12-20(23)22-13-18-10-11-19(25-18)15-4-6-16(21)7-5-15/h2-11H,12-13H2,1H3,(H,22,23). The van der Waals surface area contributed by atoms with Crippen molar-refractivity contribution in [3.05, 3.63) is 77.0 Å². The fourth-order valence-electron chi connectivity index (χ4n) is 2.42. The van der Waals surface area contributed by atoms with Crippen LogP contribution in [0, 0.1) is 0 Å². The third-order valence-corrected chi connectivity index (χ3v) is 4.03. The van der Waals surface area contributed by atoms with Gasteiger partial charge in [0.05, 0.1) is 20.1 Å². The van der Waals surface area contributed by atoms with Crippen molar-refractivity contribution < 1.29 is 13.9 Å². The minimum atomic E-state index is -0.0605. The number of rotatable bonds is 6. The highest BCUT2D eigenvalue weighted by atomic mass is 35.5. The van der Waals surface area contributed by atoms with Crippen molar-refractivity contribution in [2.24, 2.45) is 0 Å². The molecule has 3 aromatic rings. The summed E-state index contributed by atoms with van der Waals surface area (Å²) in [6.07, 6.45) is 0.314. The van der Waals surface area contributed by atoms with Crippen LogP contribution in [-0.2, 0) is 17.8 Å². The van der Waals surface area contributed by atoms with Crippen LogP contribution >= 0.6 is 11.6 Å². The Bertz CT molecular complexity index is 838. The summed E-state index contributed by atoms with van der Waals surface area (Å²) in [4.78, 5) is 12.1. The normalized spacial score (nSPS) is 10.5. The fraction of sp³-hybridized carbons (Fsp3) is 0.150. The molecule has 0 aliphatic heterocycles. The summed E-state index contributed by atoms with van der Waals surface area (Å²) in [6.45, 7) is 0.350. The third kappa shape index (κ3) is 4.64. The van der Waals surface area contributed by atoms with Crippen molar-refractivity contribution in [2.45, 2.75) is 13.0 Å². The zero-order chi connectivity index (χ0) is 17.6. The molecule has 0 spiro atoms. The summed E-state index contributed by atoms with van der Waals surface area (Å²) in [5, 5.41) is 3.55. The van der Waals surface area contributed by atoms with E-state index in [4.69, 9.17) is 20.8 Å². The maximum Gasteiger partial charge on any atom is 0.224 e. The van der Waals surface area contributed by atoms with E-state index < -0.39 is 0 Å². The molecule has 5 heteroatoms. The predicted octanol–water partition coefficient (Wildman–Crippen LogP) is 4.47. The van der Waals surface area contributed by atoms with E-state index in [1.54, 1.807) is 7.11 Å². The first-order valence-corrected chi connectivity index (χ1v) is 8.26. The first kappa shape index (κ1) is 17.1. The number of methoxy groups -OCH3 is 1. The zero-order valence-electron chi connectivity index (χ0n) is 13.8. The third-order valence-electron chi connectivity index (χ3n) is 3.77. The van der Waals surface area contributed by atoms with E-state index in [2.05, 4.69) is 5.32 Å². The average Bonchev–Trinajstić information content (AvgIpc) is 3.10. The number of amides is 1. The molecule has 1 N–H and O–H groups in total. The molecule has 1 aromatic heterocycles. The topological polar surface area (TPSA) is 51.5 Å². The lowest BCUT2D eigenvalue weighted by Crippen LogP contribution is -2.24. The fourth-order valence-corrected chi connectivity index (χ4v) is 2.55. The first-order valence-electron chi connectivity index (χ1n) is 7.88. The Morgan fingerprint density at radius 3 is 2.44 bits per heavy atom. The summed E-state index contributed by atoms with van der Waals surface area (Å²) in [7, 11) is 1.61. The van der Waals surface area contributed by atoms with E-state index >= 15 is 0 Å². The van der Waals surface area contributed by atoms with Gasteiger partial charge in [0, 0.05) is 10.6 Å². The van der Waals surface area contributed by atoms with E-state index in [9.17, 15) is 4.79 Å². The highest BCUT2D eigenvalue weighted by Gasteiger charge is 2.08. The number of carbonyl (C=O) groups excluding carboxylic acids is 1. The van der Waals surface area contributed by atoms with Crippen LogP contribution in [0.2, 0.25) is 5.02 Å². The molecule has 0 saturated carbocycles. The lowest BCUT2D eigenvalue weighted by Gasteiger charge is -2.05. The van der Waals surface area contributed by atoms with Gasteiger partial charge in [-0.05, 0) is 54.1 Å². The molecular weight excluding hydrogens is 338 g/mol. The molecule has 25 heavy (non-hydrogen) atoms. The molecule has 2 aromatic carbocycles. The first-order chi connectivity index (χ1) is 12.1. The minimum Gasteiger partial charge on any atom is -0.497 e. The Morgan fingerprint density at radius 1 is 1.04 bits per heavy atom. The van der Waals surface area contributed by atoms with Crippen LogP contribution in [0.25, 0.3) is 11.3 Å². The minimum absolute atomic E-state index is 0.0605. The molecule has 0 unspecified atom stereocenters. The van der Waals surface area contributed by atoms with Crippen LogP contribution in [0.15, 0.2) is 65.1 Å². The Morgan fingerprint density at radius 2 is 1.76 bits per heavy atom. The van der Waals surface area contributed by atoms with E-state index in [0.717, 1.165) is 22.6 Å². The van der Waals surface area contributed by atoms with Crippen molar-refractivity contribution in [1.29, 1.82) is 0 Å². The maximum absolute atomic E-state index is 12.1. The molecule has 0 fully saturated rings. The quantitative estimate of drug-likeness (QED) is 0.709. The summed E-state index contributed by atoms with van der Waals surface area (Å²) >= 11 is 5.89. The SMILES string of the molecule is COc1ccc(CC(=O)NCc2ccc(-c3ccc(Cl)cc3)o2)cc1. The van der Waals surface area contributed by atoms with Gasteiger partial charge in [0.2, 0.25) is 5.91 Å². The molecule has 0 bridgehead atoms. The van der Waals surface area contributed by atoms with Crippen LogP contribution in [0.5, 0.6) is 5.75 Å². The van der Waals surface area contributed by atoms with Gasteiger partial charge < -0.3 is 14.5 Å². The molecule has 0 radical (unpaired) electrons. The Hall–Kier alpha value is -2.72. The zero-order valence-corrected chi connectivity index (χ0v) is 14.5. The number of nitrogens with one attached hydrogen (secondary N) is 1. The number of benzene rings is 2. The Kier molecular flexibility index (Phi) is 5.41. The molecule has 1 amide bonds. The van der Waals surface area contributed by atoms with Gasteiger partial charge in [-0.1, -0.05) is 23.7 Å². The maximum atomic E-state index is 12.1. The van der Waals surface area contributed by atoms with Crippen LogP contribution in [0.4, 0.5) is 0 Å². The number of halogens is 1. The van der Waals surface area contributed by atoms with Gasteiger partial charge in [-0.3, -0.25) is 4.79 Å². The number of hydrogen-bond donors (Lipinski definition) is 1. The lowest BCUT2D eigenvalue weighted by atomic mass is 10.1. The van der Waals surface area contributed by atoms with Crippen molar-refractivity contribution in [3.8, 4) is 17.1 Å². The molecular formula is C20H18ClNO3. The van der Waals surface area contributed by atoms with Gasteiger partial charge in [-0.2, -0.15) is 0 Å². The van der Waals surface area contributed by atoms with Gasteiger partial charge in [0.1, 0.15) is 17.3 Å². The van der Waals surface area contributed by atoms with Crippen molar-refractivity contribution >= 4 is 17.5 Å². The van der Waals surface area contributed by atoms with Crippen LogP contribution in [0.1, 0.15) is 11.3 Å². The second kappa shape index (κ2) is 7.90. The molecule has 0 atom stereocenters. The number of hydrogen-bond acceptors (Lipinski definition) is 3. The van der Waals surface area contributed by atoms with Crippen molar-refractivity contribution in [1.82, 2.24) is 5.32 Å². The van der Waals surface area contributed by atoms with E-state index in [0.29, 0.717) is 23.7 Å². The van der Waals surface area contributed by atoms with Crippen molar-refractivity contribution in [3.63, 3.8) is 0 Å². The molecule has 128 valence electrons. The van der Waals surface area contributed by atoms with Crippen LogP contribution in [0.3, 0.4) is 0 Å². The van der Waals surface area contributed by atoms with Gasteiger partial charge in [-0.25, -0.2) is 0 Å². The number of ether oxygens (including phenoxy) is 1. The van der Waals surface area contributed by atoms with E-state index in [1.807, 2.05) is 60.7 Å². The predicted molar refractivity (Wildman–Crippen MR) is 97.7 cm³/mol. The summed E-state index contributed by atoms with van der Waals surface area (Å²) in [5.74, 6) is 2.16. The highest BCUT2D eigenvalue weighted by Crippen LogP contribution is 2.23. The second-order valence-electron chi connectivity index (χ2n) is 5.57. The van der Waals surface area contributed by atoms with Crippen molar-refractivity contribution in [2.75, 3.05) is 7.11 Å². The molecule has 0 aliphatic rings. The molecule has 4 nitrogen and oxygen atoms in total. The number of carbonyl (C=O) groups is 1. The average molecular weight is 356 g/mol. The molecule has 0 aliphatic carbocycles. The molecule has 1 heterocycles. The van der Waals surface area contributed by atoms with E-state index in [-0.39, 0.29) is 5.91 Å². The number of furan rings is 1. The summed E-state index contributed by atoms with van der Waals surface area (Å²) < 4.78 is 10.9. The van der Waals surface area contributed by atoms with Gasteiger partial charge in [-0.15, -0.1) is 0 Å². The molecule has 3 rings (SSSR count). The van der Waals surface area contributed by atoms with Gasteiger partial charge in [0.25, 0.3) is 0 Å². The van der Waals surface area contributed by atoms with Crippen LogP contribution in [-0.4, -0.2) is 13.0 Å². The summed E-state index contributed by atoms with van der Waals surface area (Å²) in [6, 6.07) is 18.6. The summed E-state index contributed by atoms with van der Waals surface area (Å²) in [5.41, 5.74) is 1.87.